The van der Waals surface area contributed by atoms with Crippen molar-refractivity contribution in [2.45, 2.75) is 25.7 Å². The first-order chi connectivity index (χ1) is 7.25. The van der Waals surface area contributed by atoms with E-state index in [2.05, 4.69) is 31.2 Å². The van der Waals surface area contributed by atoms with Gasteiger partial charge in [-0.25, -0.2) is 0 Å². The molecule has 1 aromatic rings. The number of rotatable bonds is 4. The number of hydrogen-bond acceptors (Lipinski definition) is 2. The highest BCUT2D eigenvalue weighted by Gasteiger charge is 2.53. The highest BCUT2D eigenvalue weighted by Crippen LogP contribution is 2.58. The molecule has 2 heteroatoms. The summed E-state index contributed by atoms with van der Waals surface area (Å²) in [5.74, 6) is 0.471. The lowest BCUT2D eigenvalue weighted by Gasteiger charge is -2.11. The van der Waals surface area contributed by atoms with Gasteiger partial charge in [0.05, 0.1) is 6.61 Å². The van der Waals surface area contributed by atoms with Gasteiger partial charge in [0.15, 0.2) is 0 Å². The van der Waals surface area contributed by atoms with Gasteiger partial charge in [-0.1, -0.05) is 31.2 Å². The summed E-state index contributed by atoms with van der Waals surface area (Å²) in [6.07, 6.45) is 2.11. The van der Waals surface area contributed by atoms with E-state index in [-0.39, 0.29) is 12.0 Å². The predicted octanol–water partition coefficient (Wildman–Crippen LogP) is 1.67. The molecule has 0 aromatic heterocycles. The molecule has 82 valence electrons. The van der Waals surface area contributed by atoms with Gasteiger partial charge in [0.2, 0.25) is 0 Å². The zero-order valence-corrected chi connectivity index (χ0v) is 9.24. The number of benzene rings is 1. The summed E-state index contributed by atoms with van der Waals surface area (Å²) in [5.41, 5.74) is 8.37. The monoisotopic (exact) mass is 205 g/mol. The van der Waals surface area contributed by atoms with Crippen LogP contribution in [0.2, 0.25) is 0 Å². The lowest BCUT2D eigenvalue weighted by molar-refractivity contribution is 0.211. The minimum atomic E-state index is -0.0201. The molecule has 0 aliphatic heterocycles. The van der Waals surface area contributed by atoms with Crippen LogP contribution in [0.25, 0.3) is 0 Å². The van der Waals surface area contributed by atoms with Gasteiger partial charge in [-0.3, -0.25) is 0 Å². The van der Waals surface area contributed by atoms with Gasteiger partial charge < -0.3 is 10.8 Å². The molecule has 2 nitrogen and oxygen atoms in total. The average Bonchev–Trinajstić information content (AvgIpc) is 3.05. The van der Waals surface area contributed by atoms with Crippen LogP contribution in [0.1, 0.15) is 30.4 Å². The largest absolute Gasteiger partial charge is 0.396 e. The number of aliphatic hydroxyl groups is 1. The smallest absolute Gasteiger partial charge is 0.0505 e. The fourth-order valence-corrected chi connectivity index (χ4v) is 2.27. The van der Waals surface area contributed by atoms with Crippen LogP contribution in [-0.4, -0.2) is 18.3 Å². The van der Waals surface area contributed by atoms with E-state index in [4.69, 9.17) is 5.73 Å². The van der Waals surface area contributed by atoms with Gasteiger partial charge >= 0.3 is 0 Å². The van der Waals surface area contributed by atoms with Crippen LogP contribution in [0.4, 0.5) is 0 Å². The van der Waals surface area contributed by atoms with Gasteiger partial charge in [-0.05, 0) is 29.9 Å². The molecule has 0 saturated heterocycles. The molecular weight excluding hydrogens is 186 g/mol. The molecular formula is C13H19NO. The lowest BCUT2D eigenvalue weighted by atomic mass is 9.99. The van der Waals surface area contributed by atoms with E-state index in [1.165, 1.54) is 11.1 Å². The van der Waals surface area contributed by atoms with E-state index in [1.807, 2.05) is 0 Å². The van der Waals surface area contributed by atoms with E-state index in [0.29, 0.717) is 12.5 Å². The molecule has 3 N–H and O–H groups in total. The maximum Gasteiger partial charge on any atom is 0.0505 e. The van der Waals surface area contributed by atoms with Crippen molar-refractivity contribution in [2.24, 2.45) is 11.1 Å². The maximum absolute atomic E-state index is 9.31. The number of aryl methyl sites for hydroxylation is 1. The Morgan fingerprint density at radius 3 is 2.47 bits per heavy atom. The quantitative estimate of drug-likeness (QED) is 0.785. The molecule has 0 bridgehead atoms. The summed E-state index contributed by atoms with van der Waals surface area (Å²) in [6.45, 7) is 2.96. The van der Waals surface area contributed by atoms with Gasteiger partial charge in [0.1, 0.15) is 0 Å². The molecule has 2 unspecified atom stereocenters. The Morgan fingerprint density at radius 1 is 1.40 bits per heavy atom. The molecule has 1 fully saturated rings. The molecule has 0 amide bonds. The maximum atomic E-state index is 9.31. The normalized spacial score (nSPS) is 29.1. The molecule has 15 heavy (non-hydrogen) atoms. The molecule has 2 rings (SSSR count). The lowest BCUT2D eigenvalue weighted by Crippen LogP contribution is -2.21. The summed E-state index contributed by atoms with van der Waals surface area (Å²) in [4.78, 5) is 0. The molecule has 1 saturated carbocycles. The Labute approximate surface area is 91.1 Å². The zero-order chi connectivity index (χ0) is 10.9. The SMILES string of the molecule is CCc1ccc(C2CC2(CN)CO)cc1. The molecule has 0 heterocycles. The van der Waals surface area contributed by atoms with Gasteiger partial charge in [0, 0.05) is 12.0 Å². The fraction of sp³-hybridized carbons (Fsp3) is 0.538. The van der Waals surface area contributed by atoms with E-state index >= 15 is 0 Å². The van der Waals surface area contributed by atoms with E-state index in [1.54, 1.807) is 0 Å². The highest BCUT2D eigenvalue weighted by molar-refractivity contribution is 5.32. The first-order valence-electron chi connectivity index (χ1n) is 5.65. The van der Waals surface area contributed by atoms with E-state index in [0.717, 1.165) is 12.8 Å². The Morgan fingerprint density at radius 2 is 2.07 bits per heavy atom. The minimum absolute atomic E-state index is 0.0201. The van der Waals surface area contributed by atoms with Crippen LogP contribution >= 0.6 is 0 Å². The molecule has 0 radical (unpaired) electrons. The third-order valence-corrected chi connectivity index (χ3v) is 3.70. The van der Waals surface area contributed by atoms with Crippen molar-refractivity contribution in [1.29, 1.82) is 0 Å². The summed E-state index contributed by atoms with van der Waals surface area (Å²) < 4.78 is 0. The van der Waals surface area contributed by atoms with E-state index < -0.39 is 0 Å². The predicted molar refractivity (Wildman–Crippen MR) is 61.8 cm³/mol. The molecule has 1 aliphatic rings. The van der Waals surface area contributed by atoms with Crippen molar-refractivity contribution < 1.29 is 5.11 Å². The van der Waals surface area contributed by atoms with E-state index in [9.17, 15) is 5.11 Å². The van der Waals surface area contributed by atoms with Crippen LogP contribution < -0.4 is 5.73 Å². The number of hydrogen-bond donors (Lipinski definition) is 2. The second kappa shape index (κ2) is 3.95. The van der Waals surface area contributed by atoms with Crippen molar-refractivity contribution in [1.82, 2.24) is 0 Å². The molecule has 1 aromatic carbocycles. The third kappa shape index (κ3) is 1.80. The Bertz CT molecular complexity index is 327. The van der Waals surface area contributed by atoms with Crippen LogP contribution in [0.3, 0.4) is 0 Å². The summed E-state index contributed by atoms with van der Waals surface area (Å²) >= 11 is 0. The average molecular weight is 205 g/mol. The summed E-state index contributed by atoms with van der Waals surface area (Å²) in [6, 6.07) is 8.70. The third-order valence-electron chi connectivity index (χ3n) is 3.70. The molecule has 0 spiro atoms. The van der Waals surface area contributed by atoms with Crippen LogP contribution in [0.5, 0.6) is 0 Å². The van der Waals surface area contributed by atoms with Crippen molar-refractivity contribution in [2.75, 3.05) is 13.2 Å². The van der Waals surface area contributed by atoms with Crippen molar-refractivity contribution in [3.8, 4) is 0 Å². The van der Waals surface area contributed by atoms with Crippen molar-refractivity contribution in [3.63, 3.8) is 0 Å². The number of nitrogens with two attached hydrogens (primary N) is 1. The second-order valence-electron chi connectivity index (χ2n) is 4.58. The molecule has 1 aliphatic carbocycles. The summed E-state index contributed by atoms with van der Waals surface area (Å²) in [7, 11) is 0. The Kier molecular flexibility index (Phi) is 2.81. The summed E-state index contributed by atoms with van der Waals surface area (Å²) in [5, 5.41) is 9.31. The molecule has 2 atom stereocenters. The second-order valence-corrected chi connectivity index (χ2v) is 4.58. The highest BCUT2D eigenvalue weighted by atomic mass is 16.3. The van der Waals surface area contributed by atoms with Gasteiger partial charge in [0.25, 0.3) is 0 Å². The number of aliphatic hydroxyl groups excluding tert-OH is 1. The Hall–Kier alpha value is -0.860. The fourth-order valence-electron chi connectivity index (χ4n) is 2.27. The van der Waals surface area contributed by atoms with Crippen molar-refractivity contribution in [3.05, 3.63) is 35.4 Å². The standard InChI is InChI=1S/C13H19NO/c1-2-10-3-5-11(6-4-10)12-7-13(12,8-14)9-15/h3-6,12,15H,2,7-9,14H2,1H3. The first kappa shape index (κ1) is 10.7. The van der Waals surface area contributed by atoms with Gasteiger partial charge in [-0.2, -0.15) is 0 Å². The van der Waals surface area contributed by atoms with Gasteiger partial charge in [-0.15, -0.1) is 0 Å². The Balaban J connectivity index is 2.12. The van der Waals surface area contributed by atoms with Crippen molar-refractivity contribution >= 4 is 0 Å². The van der Waals surface area contributed by atoms with Crippen LogP contribution in [-0.2, 0) is 6.42 Å². The van der Waals surface area contributed by atoms with Crippen LogP contribution in [0.15, 0.2) is 24.3 Å². The van der Waals surface area contributed by atoms with Crippen LogP contribution in [0, 0.1) is 5.41 Å². The first-order valence-corrected chi connectivity index (χ1v) is 5.65. The minimum Gasteiger partial charge on any atom is -0.396 e. The zero-order valence-electron chi connectivity index (χ0n) is 9.24. The topological polar surface area (TPSA) is 46.2 Å².